The molecule has 1 unspecified atom stereocenters. The Morgan fingerprint density at radius 2 is 1.94 bits per heavy atom. The number of halogens is 1. The van der Waals surface area contributed by atoms with Crippen LogP contribution >= 0.6 is 22.9 Å². The van der Waals surface area contributed by atoms with E-state index in [4.69, 9.17) is 21.3 Å². The Labute approximate surface area is 217 Å². The molecule has 36 heavy (non-hydrogen) atoms. The molecule has 1 N–H and O–H groups in total. The SMILES string of the molecule is CCOC(=O)c1c(/N=C/c2c(O)n(-c3ccccc3Cl)c(=O)c3ccccc23)sc2c1CCC(C)C2. The molecule has 0 spiro atoms. The quantitative estimate of drug-likeness (QED) is 0.242. The molecule has 0 aliphatic heterocycles. The third kappa shape index (κ3) is 4.22. The van der Waals surface area contributed by atoms with Crippen molar-refractivity contribution in [3.8, 4) is 11.6 Å². The number of esters is 1. The van der Waals surface area contributed by atoms with Gasteiger partial charge >= 0.3 is 5.97 Å². The van der Waals surface area contributed by atoms with Crippen molar-refractivity contribution in [3.05, 3.63) is 85.5 Å². The fraction of sp³-hybridized carbons (Fsp3) is 0.250. The molecule has 0 fully saturated rings. The monoisotopic (exact) mass is 520 g/mol. The van der Waals surface area contributed by atoms with E-state index in [-0.39, 0.29) is 24.0 Å². The number of fused-ring (bicyclic) bond motifs is 2. The Morgan fingerprint density at radius 1 is 1.22 bits per heavy atom. The predicted molar refractivity (Wildman–Crippen MR) is 145 cm³/mol. The molecule has 0 amide bonds. The third-order valence-corrected chi connectivity index (χ3v) is 7.96. The fourth-order valence-electron chi connectivity index (χ4n) is 4.71. The molecule has 0 saturated carbocycles. The van der Waals surface area contributed by atoms with Gasteiger partial charge in [-0.2, -0.15) is 0 Å². The van der Waals surface area contributed by atoms with Crippen molar-refractivity contribution in [2.75, 3.05) is 6.61 Å². The maximum absolute atomic E-state index is 13.3. The normalized spacial score (nSPS) is 15.4. The highest BCUT2D eigenvalue weighted by molar-refractivity contribution is 7.16. The van der Waals surface area contributed by atoms with Gasteiger partial charge in [0.25, 0.3) is 5.56 Å². The topological polar surface area (TPSA) is 80.9 Å². The Hall–Kier alpha value is -3.42. The van der Waals surface area contributed by atoms with E-state index in [1.165, 1.54) is 22.1 Å². The smallest absolute Gasteiger partial charge is 0.341 e. The summed E-state index contributed by atoms with van der Waals surface area (Å²) in [6.07, 6.45) is 4.23. The molecule has 8 heteroatoms. The minimum absolute atomic E-state index is 0.275. The molecule has 2 heterocycles. The minimum Gasteiger partial charge on any atom is -0.494 e. The highest BCUT2D eigenvalue weighted by atomic mass is 35.5. The maximum atomic E-state index is 13.3. The molecule has 0 saturated heterocycles. The van der Waals surface area contributed by atoms with Crippen LogP contribution in [0.3, 0.4) is 0 Å². The number of pyridine rings is 1. The van der Waals surface area contributed by atoms with Gasteiger partial charge in [-0.25, -0.2) is 14.4 Å². The predicted octanol–water partition coefficient (Wildman–Crippen LogP) is 6.46. The highest BCUT2D eigenvalue weighted by Gasteiger charge is 2.28. The standard InChI is InChI=1S/C28H25ClN2O4S/c1-3-35-28(34)24-19-13-12-16(2)14-23(19)36-25(24)30-15-20-17-8-4-5-9-18(17)26(32)31(27(20)33)22-11-7-6-10-21(22)29/h4-11,15-16,33H,3,12-14H2,1-2H3/b30-15+. The molecular formula is C28H25ClN2O4S. The van der Waals surface area contributed by atoms with Gasteiger partial charge in [0.15, 0.2) is 0 Å². The van der Waals surface area contributed by atoms with Crippen molar-refractivity contribution in [1.29, 1.82) is 0 Å². The Kier molecular flexibility index (Phi) is 6.69. The second kappa shape index (κ2) is 9.91. The first kappa shape index (κ1) is 24.3. The molecule has 0 radical (unpaired) electrons. The molecule has 0 bridgehead atoms. The summed E-state index contributed by atoms with van der Waals surface area (Å²) < 4.78 is 6.55. The Bertz CT molecular complexity index is 1570. The number of para-hydroxylation sites is 1. The van der Waals surface area contributed by atoms with Gasteiger partial charge in [0.1, 0.15) is 5.00 Å². The van der Waals surface area contributed by atoms with Crippen molar-refractivity contribution in [1.82, 2.24) is 4.57 Å². The summed E-state index contributed by atoms with van der Waals surface area (Å²) >= 11 is 7.87. The van der Waals surface area contributed by atoms with Gasteiger partial charge in [-0.3, -0.25) is 4.79 Å². The summed E-state index contributed by atoms with van der Waals surface area (Å²) in [6, 6.07) is 13.9. The van der Waals surface area contributed by atoms with Crippen LogP contribution in [0.15, 0.2) is 58.3 Å². The van der Waals surface area contributed by atoms with E-state index in [1.807, 2.05) is 0 Å². The summed E-state index contributed by atoms with van der Waals surface area (Å²) in [5.74, 6) is -0.120. The van der Waals surface area contributed by atoms with Gasteiger partial charge in [0.2, 0.25) is 5.88 Å². The van der Waals surface area contributed by atoms with E-state index in [9.17, 15) is 14.7 Å². The van der Waals surface area contributed by atoms with Gasteiger partial charge in [-0.15, -0.1) is 11.3 Å². The van der Waals surface area contributed by atoms with Crippen LogP contribution in [0, 0.1) is 5.92 Å². The van der Waals surface area contributed by atoms with Crippen LogP contribution in [0.25, 0.3) is 16.5 Å². The molecule has 184 valence electrons. The van der Waals surface area contributed by atoms with E-state index >= 15 is 0 Å². The Balaban J connectivity index is 1.71. The molecular weight excluding hydrogens is 496 g/mol. The van der Waals surface area contributed by atoms with Crippen LogP contribution in [-0.4, -0.2) is 28.5 Å². The lowest BCUT2D eigenvalue weighted by atomic mass is 9.88. The van der Waals surface area contributed by atoms with Crippen molar-refractivity contribution in [3.63, 3.8) is 0 Å². The molecule has 2 aromatic heterocycles. The number of aromatic nitrogens is 1. The van der Waals surface area contributed by atoms with Gasteiger partial charge in [0.05, 0.1) is 28.4 Å². The number of aliphatic imine (C=N–C) groups is 1. The first-order chi connectivity index (χ1) is 17.4. The van der Waals surface area contributed by atoms with Crippen LogP contribution in [0.5, 0.6) is 5.88 Å². The first-order valence-electron chi connectivity index (χ1n) is 11.9. The molecule has 5 rings (SSSR count). The molecule has 4 aromatic rings. The number of hydrogen-bond donors (Lipinski definition) is 1. The molecule has 1 aliphatic carbocycles. The first-order valence-corrected chi connectivity index (χ1v) is 13.1. The number of carbonyl (C=O) groups excluding carboxylic acids is 1. The van der Waals surface area contributed by atoms with Crippen molar-refractivity contribution >= 4 is 50.9 Å². The van der Waals surface area contributed by atoms with E-state index in [0.717, 1.165) is 29.7 Å². The maximum Gasteiger partial charge on any atom is 0.341 e. The van der Waals surface area contributed by atoms with Gasteiger partial charge in [0, 0.05) is 21.9 Å². The number of hydrogen-bond acceptors (Lipinski definition) is 6. The number of thiophene rings is 1. The van der Waals surface area contributed by atoms with Crippen LogP contribution in [0.4, 0.5) is 5.00 Å². The highest BCUT2D eigenvalue weighted by Crippen LogP contribution is 2.42. The lowest BCUT2D eigenvalue weighted by Crippen LogP contribution is -2.20. The molecule has 1 aliphatic rings. The van der Waals surface area contributed by atoms with Crippen molar-refractivity contribution in [2.24, 2.45) is 10.9 Å². The number of aromatic hydroxyl groups is 1. The van der Waals surface area contributed by atoms with E-state index < -0.39 is 0 Å². The van der Waals surface area contributed by atoms with Crippen LogP contribution in [0.2, 0.25) is 5.02 Å². The van der Waals surface area contributed by atoms with E-state index in [0.29, 0.717) is 43.5 Å². The van der Waals surface area contributed by atoms with Crippen molar-refractivity contribution < 1.29 is 14.6 Å². The third-order valence-electron chi connectivity index (χ3n) is 6.48. The fourth-order valence-corrected chi connectivity index (χ4v) is 6.27. The van der Waals surface area contributed by atoms with Crippen LogP contribution in [-0.2, 0) is 17.6 Å². The van der Waals surface area contributed by atoms with Crippen molar-refractivity contribution in [2.45, 2.75) is 33.1 Å². The second-order valence-corrected chi connectivity index (χ2v) is 10.4. The minimum atomic E-state index is -0.388. The van der Waals surface area contributed by atoms with Crippen LogP contribution < -0.4 is 5.56 Å². The zero-order valence-corrected chi connectivity index (χ0v) is 21.5. The summed E-state index contributed by atoms with van der Waals surface area (Å²) in [6.45, 7) is 4.26. The number of ether oxygens (including phenoxy) is 1. The average Bonchev–Trinajstić information content (AvgIpc) is 3.22. The Morgan fingerprint density at radius 3 is 2.69 bits per heavy atom. The summed E-state index contributed by atoms with van der Waals surface area (Å²) in [4.78, 5) is 32.1. The number of benzene rings is 2. The summed E-state index contributed by atoms with van der Waals surface area (Å²) in [5.41, 5.74) is 1.86. The average molecular weight is 521 g/mol. The van der Waals surface area contributed by atoms with E-state index in [2.05, 4.69) is 6.92 Å². The molecule has 2 aromatic carbocycles. The zero-order valence-electron chi connectivity index (χ0n) is 20.0. The lowest BCUT2D eigenvalue weighted by molar-refractivity contribution is 0.0526. The summed E-state index contributed by atoms with van der Waals surface area (Å²) in [5, 5.41) is 13.2. The number of rotatable bonds is 5. The molecule has 1 atom stereocenters. The van der Waals surface area contributed by atoms with E-state index in [1.54, 1.807) is 55.5 Å². The largest absolute Gasteiger partial charge is 0.494 e. The summed E-state index contributed by atoms with van der Waals surface area (Å²) in [7, 11) is 0. The number of carbonyl (C=O) groups is 1. The van der Waals surface area contributed by atoms with Crippen LogP contribution in [0.1, 0.15) is 46.6 Å². The van der Waals surface area contributed by atoms with Gasteiger partial charge < -0.3 is 9.84 Å². The van der Waals surface area contributed by atoms with Gasteiger partial charge in [-0.05, 0) is 55.9 Å². The molecule has 6 nitrogen and oxygen atoms in total. The zero-order chi connectivity index (χ0) is 25.4. The second-order valence-electron chi connectivity index (χ2n) is 8.89. The lowest BCUT2D eigenvalue weighted by Gasteiger charge is -2.18. The van der Waals surface area contributed by atoms with Gasteiger partial charge in [-0.1, -0.05) is 48.9 Å². The number of nitrogens with zero attached hydrogens (tertiary/aromatic N) is 2.